The Labute approximate surface area is 119 Å². The monoisotopic (exact) mass is 283 g/mol. The van der Waals surface area contributed by atoms with Gasteiger partial charge in [0.15, 0.2) is 0 Å². The molecule has 1 aliphatic rings. The zero-order valence-corrected chi connectivity index (χ0v) is 12.6. The van der Waals surface area contributed by atoms with Crippen LogP contribution in [-0.2, 0) is 0 Å². The van der Waals surface area contributed by atoms with Crippen LogP contribution in [0.25, 0.3) is 0 Å². The van der Waals surface area contributed by atoms with E-state index in [9.17, 15) is 0 Å². The maximum absolute atomic E-state index is 6.01. The predicted molar refractivity (Wildman–Crippen MR) is 78.8 cm³/mol. The van der Waals surface area contributed by atoms with Gasteiger partial charge in [0.05, 0.1) is 0 Å². The maximum Gasteiger partial charge on any atom is 0.231 e. The lowest BCUT2D eigenvalue weighted by atomic mass is 10.0. The fourth-order valence-corrected chi connectivity index (χ4v) is 2.52. The van der Waals surface area contributed by atoms with E-state index in [1.165, 1.54) is 12.8 Å². The number of nitrogens with one attached hydrogen (secondary N) is 1. The van der Waals surface area contributed by atoms with Crippen molar-refractivity contribution in [1.82, 2.24) is 15.0 Å². The van der Waals surface area contributed by atoms with Crippen LogP contribution in [0.5, 0.6) is 0 Å². The van der Waals surface area contributed by atoms with Crippen LogP contribution in [0.1, 0.15) is 40.0 Å². The van der Waals surface area contributed by atoms with Crippen molar-refractivity contribution in [2.75, 3.05) is 23.3 Å². The zero-order valence-electron chi connectivity index (χ0n) is 11.9. The second-order valence-electron chi connectivity index (χ2n) is 5.33. The van der Waals surface area contributed by atoms with Crippen LogP contribution in [-0.4, -0.2) is 34.1 Å². The minimum absolute atomic E-state index is 0.262. The van der Waals surface area contributed by atoms with E-state index in [-0.39, 0.29) is 5.28 Å². The quantitative estimate of drug-likeness (QED) is 0.900. The summed E-state index contributed by atoms with van der Waals surface area (Å²) in [4.78, 5) is 15.1. The Bertz CT molecular complexity index is 417. The van der Waals surface area contributed by atoms with Crippen molar-refractivity contribution < 1.29 is 0 Å². The molecule has 0 saturated carbocycles. The van der Waals surface area contributed by atoms with E-state index in [4.69, 9.17) is 11.6 Å². The van der Waals surface area contributed by atoms with Crippen LogP contribution in [0.4, 0.5) is 11.9 Å². The van der Waals surface area contributed by atoms with Gasteiger partial charge in [0.1, 0.15) is 0 Å². The van der Waals surface area contributed by atoms with Crippen LogP contribution < -0.4 is 10.2 Å². The van der Waals surface area contributed by atoms with Crippen molar-refractivity contribution in [1.29, 1.82) is 0 Å². The summed E-state index contributed by atoms with van der Waals surface area (Å²) in [6.45, 7) is 8.53. The Morgan fingerprint density at radius 1 is 1.21 bits per heavy atom. The number of halogens is 1. The number of rotatable bonds is 5. The molecule has 1 aliphatic heterocycles. The van der Waals surface area contributed by atoms with E-state index in [0.29, 0.717) is 23.9 Å². The fraction of sp³-hybridized carbons (Fsp3) is 0.769. The smallest absolute Gasteiger partial charge is 0.231 e. The topological polar surface area (TPSA) is 53.9 Å². The second kappa shape index (κ2) is 6.37. The molecular formula is C13H22ClN5. The largest absolute Gasteiger partial charge is 0.351 e. The van der Waals surface area contributed by atoms with Crippen LogP contribution in [0.2, 0.25) is 5.28 Å². The van der Waals surface area contributed by atoms with Gasteiger partial charge in [-0.05, 0) is 36.8 Å². The zero-order chi connectivity index (χ0) is 13.8. The summed E-state index contributed by atoms with van der Waals surface area (Å²) < 4.78 is 0. The highest BCUT2D eigenvalue weighted by Crippen LogP contribution is 2.20. The molecule has 1 unspecified atom stereocenters. The molecule has 0 aliphatic carbocycles. The first kappa shape index (κ1) is 14.3. The van der Waals surface area contributed by atoms with Gasteiger partial charge in [-0.25, -0.2) is 0 Å². The molecule has 1 saturated heterocycles. The molecule has 1 atom stereocenters. The molecule has 5 nitrogen and oxygen atoms in total. The average Bonchev–Trinajstić information content (AvgIpc) is 2.88. The molecule has 1 aromatic heterocycles. The molecule has 2 heterocycles. The van der Waals surface area contributed by atoms with Gasteiger partial charge < -0.3 is 10.2 Å². The molecule has 6 heteroatoms. The van der Waals surface area contributed by atoms with Crippen LogP contribution in [0.3, 0.4) is 0 Å². The lowest BCUT2D eigenvalue weighted by molar-refractivity contribution is 0.508. The second-order valence-corrected chi connectivity index (χ2v) is 5.66. The summed E-state index contributed by atoms with van der Waals surface area (Å²) >= 11 is 6.01. The van der Waals surface area contributed by atoms with Crippen LogP contribution in [0.15, 0.2) is 0 Å². The summed E-state index contributed by atoms with van der Waals surface area (Å²) in [6.07, 6.45) is 3.41. The van der Waals surface area contributed by atoms with E-state index in [1.54, 1.807) is 0 Å². The molecule has 106 valence electrons. The van der Waals surface area contributed by atoms with Gasteiger partial charge in [-0.15, -0.1) is 0 Å². The minimum Gasteiger partial charge on any atom is -0.351 e. The predicted octanol–water partition coefficient (Wildman–Crippen LogP) is 2.97. The average molecular weight is 284 g/mol. The third-order valence-corrected chi connectivity index (χ3v) is 3.71. The Morgan fingerprint density at radius 2 is 1.89 bits per heavy atom. The maximum atomic E-state index is 6.01. The summed E-state index contributed by atoms with van der Waals surface area (Å²) in [5, 5.41) is 3.62. The van der Waals surface area contributed by atoms with E-state index in [0.717, 1.165) is 19.5 Å². The van der Waals surface area contributed by atoms with Crippen molar-refractivity contribution in [3.8, 4) is 0 Å². The molecule has 2 rings (SSSR count). The molecule has 1 fully saturated rings. The van der Waals surface area contributed by atoms with E-state index >= 15 is 0 Å². The molecule has 0 spiro atoms. The SMILES string of the molecule is CCC(Nc1nc(Cl)nc(N2CCCC2)n1)C(C)C. The molecule has 0 bridgehead atoms. The number of aromatic nitrogens is 3. The third-order valence-electron chi connectivity index (χ3n) is 3.54. The number of hydrogen-bond acceptors (Lipinski definition) is 5. The van der Waals surface area contributed by atoms with Gasteiger partial charge in [-0.3, -0.25) is 0 Å². The number of nitrogens with zero attached hydrogens (tertiary/aromatic N) is 4. The Morgan fingerprint density at radius 3 is 2.47 bits per heavy atom. The lowest BCUT2D eigenvalue weighted by Crippen LogP contribution is -2.27. The van der Waals surface area contributed by atoms with Gasteiger partial charge >= 0.3 is 0 Å². The highest BCUT2D eigenvalue weighted by Gasteiger charge is 2.18. The fourth-order valence-electron chi connectivity index (χ4n) is 2.37. The Kier molecular flexibility index (Phi) is 4.80. The first-order valence-electron chi connectivity index (χ1n) is 7.03. The van der Waals surface area contributed by atoms with E-state index < -0.39 is 0 Å². The van der Waals surface area contributed by atoms with Gasteiger partial charge in [0, 0.05) is 19.1 Å². The standard InChI is InChI=1S/C13H22ClN5/c1-4-10(9(2)3)15-12-16-11(14)17-13(18-12)19-7-5-6-8-19/h9-10H,4-8H2,1-3H3,(H,15,16,17,18). The molecule has 0 radical (unpaired) electrons. The lowest BCUT2D eigenvalue weighted by Gasteiger charge is -2.22. The van der Waals surface area contributed by atoms with Crippen molar-refractivity contribution >= 4 is 23.5 Å². The van der Waals surface area contributed by atoms with Gasteiger partial charge in [0.25, 0.3) is 0 Å². The molecular weight excluding hydrogens is 262 g/mol. The first-order chi connectivity index (χ1) is 9.10. The normalized spacial score (nSPS) is 17.0. The van der Waals surface area contributed by atoms with Crippen molar-refractivity contribution in [3.63, 3.8) is 0 Å². The van der Waals surface area contributed by atoms with Gasteiger partial charge in [-0.2, -0.15) is 15.0 Å². The van der Waals surface area contributed by atoms with Gasteiger partial charge in [-0.1, -0.05) is 20.8 Å². The molecule has 0 aromatic carbocycles. The van der Waals surface area contributed by atoms with Crippen LogP contribution >= 0.6 is 11.6 Å². The molecule has 1 N–H and O–H groups in total. The number of hydrogen-bond donors (Lipinski definition) is 1. The van der Waals surface area contributed by atoms with Gasteiger partial charge in [0.2, 0.25) is 17.2 Å². The van der Waals surface area contributed by atoms with E-state index in [2.05, 4.69) is 45.9 Å². The summed E-state index contributed by atoms with van der Waals surface area (Å²) in [7, 11) is 0. The van der Waals surface area contributed by atoms with E-state index in [1.807, 2.05) is 0 Å². The molecule has 1 aromatic rings. The molecule has 0 amide bonds. The summed E-state index contributed by atoms with van der Waals surface area (Å²) in [5.41, 5.74) is 0. The highest BCUT2D eigenvalue weighted by atomic mass is 35.5. The molecule has 19 heavy (non-hydrogen) atoms. The Balaban J connectivity index is 2.16. The Hall–Kier alpha value is -1.10. The summed E-state index contributed by atoms with van der Waals surface area (Å²) in [6, 6.07) is 0.352. The van der Waals surface area contributed by atoms with Crippen molar-refractivity contribution in [3.05, 3.63) is 5.28 Å². The summed E-state index contributed by atoms with van der Waals surface area (Å²) in [5.74, 6) is 1.80. The minimum atomic E-state index is 0.262. The van der Waals surface area contributed by atoms with Crippen molar-refractivity contribution in [2.24, 2.45) is 5.92 Å². The van der Waals surface area contributed by atoms with Crippen molar-refractivity contribution in [2.45, 2.75) is 46.1 Å². The third kappa shape index (κ3) is 3.69. The first-order valence-corrected chi connectivity index (χ1v) is 7.41. The highest BCUT2D eigenvalue weighted by molar-refractivity contribution is 6.28. The van der Waals surface area contributed by atoms with Crippen LogP contribution in [0, 0.1) is 5.92 Å². The number of anilines is 2.